The molecule has 0 radical (unpaired) electrons. The number of benzene rings is 1. The molecule has 1 N–H and O–H groups in total. The second-order valence-electron chi connectivity index (χ2n) is 4.44. The lowest BCUT2D eigenvalue weighted by molar-refractivity contribution is 0.399. The number of methoxy groups -OCH3 is 2. The maximum absolute atomic E-state index is 5.27. The van der Waals surface area contributed by atoms with E-state index in [1.807, 2.05) is 24.3 Å². The van der Waals surface area contributed by atoms with Crippen LogP contribution < -0.4 is 14.8 Å². The Balaban J connectivity index is 2.19. The van der Waals surface area contributed by atoms with E-state index in [-0.39, 0.29) is 6.04 Å². The lowest BCUT2D eigenvalue weighted by Crippen LogP contribution is -2.10. The van der Waals surface area contributed by atoms with Crippen LogP contribution in [0, 0.1) is 0 Å². The number of nitrogens with one attached hydrogen (secondary N) is 1. The Morgan fingerprint density at radius 1 is 1.10 bits per heavy atom. The zero-order chi connectivity index (χ0) is 14.4. The van der Waals surface area contributed by atoms with E-state index in [1.54, 1.807) is 20.4 Å². The molecule has 0 saturated carbocycles. The van der Waals surface area contributed by atoms with Gasteiger partial charge in [0.2, 0.25) is 5.88 Å². The third-order valence-corrected chi connectivity index (χ3v) is 3.22. The van der Waals surface area contributed by atoms with Crippen molar-refractivity contribution < 1.29 is 9.47 Å². The van der Waals surface area contributed by atoms with Gasteiger partial charge >= 0.3 is 0 Å². The van der Waals surface area contributed by atoms with Crippen LogP contribution in [0.2, 0.25) is 0 Å². The highest BCUT2D eigenvalue weighted by atomic mass is 16.5. The Hall–Kier alpha value is -2.23. The van der Waals surface area contributed by atoms with Crippen LogP contribution in [0.3, 0.4) is 0 Å². The summed E-state index contributed by atoms with van der Waals surface area (Å²) in [7, 11) is 3.30. The molecule has 0 aliphatic rings. The minimum absolute atomic E-state index is 0.207. The number of pyridine rings is 1. The number of aromatic nitrogens is 1. The molecule has 0 aliphatic heterocycles. The van der Waals surface area contributed by atoms with E-state index in [0.717, 1.165) is 17.9 Å². The molecule has 1 unspecified atom stereocenters. The largest absolute Gasteiger partial charge is 0.497 e. The highest BCUT2D eigenvalue weighted by Crippen LogP contribution is 2.28. The molecule has 4 heteroatoms. The lowest BCUT2D eigenvalue weighted by atomic mass is 10.0. The third kappa shape index (κ3) is 3.20. The molecule has 1 atom stereocenters. The average molecular weight is 272 g/mol. The monoisotopic (exact) mass is 272 g/mol. The minimum Gasteiger partial charge on any atom is -0.497 e. The normalized spacial score (nSPS) is 11.8. The molecule has 20 heavy (non-hydrogen) atoms. The molecule has 1 aromatic heterocycles. The van der Waals surface area contributed by atoms with E-state index < -0.39 is 0 Å². The quantitative estimate of drug-likeness (QED) is 0.871. The van der Waals surface area contributed by atoms with Crippen LogP contribution in [0.1, 0.15) is 24.9 Å². The van der Waals surface area contributed by atoms with Crippen LogP contribution in [0.5, 0.6) is 11.6 Å². The maximum atomic E-state index is 5.27. The van der Waals surface area contributed by atoms with E-state index in [2.05, 4.69) is 29.4 Å². The summed E-state index contributed by atoms with van der Waals surface area (Å²) in [6, 6.07) is 12.2. The zero-order valence-electron chi connectivity index (χ0n) is 12.1. The predicted octanol–water partition coefficient (Wildman–Crippen LogP) is 3.66. The highest BCUT2D eigenvalue weighted by Gasteiger charge is 2.12. The molecule has 2 aromatic rings. The van der Waals surface area contributed by atoms with E-state index >= 15 is 0 Å². The molecule has 2 rings (SSSR count). The molecule has 0 amide bonds. The summed E-state index contributed by atoms with van der Waals surface area (Å²) in [6.07, 6.45) is 2.68. The van der Waals surface area contributed by atoms with E-state index in [4.69, 9.17) is 9.47 Å². The number of ether oxygens (including phenoxy) is 2. The van der Waals surface area contributed by atoms with Crippen LogP contribution in [0.15, 0.2) is 42.6 Å². The Kier molecular flexibility index (Phi) is 4.82. The molecule has 4 nitrogen and oxygen atoms in total. The zero-order valence-corrected chi connectivity index (χ0v) is 12.1. The van der Waals surface area contributed by atoms with E-state index in [0.29, 0.717) is 5.88 Å². The number of nitrogens with zero attached hydrogens (tertiary/aromatic N) is 1. The molecular weight excluding hydrogens is 252 g/mol. The summed E-state index contributed by atoms with van der Waals surface area (Å²) in [6.45, 7) is 2.14. The Morgan fingerprint density at radius 3 is 2.45 bits per heavy atom. The maximum Gasteiger partial charge on any atom is 0.237 e. The summed E-state index contributed by atoms with van der Waals surface area (Å²) in [4.78, 5) is 4.20. The van der Waals surface area contributed by atoms with Gasteiger partial charge in [0.05, 0.1) is 25.9 Å². The van der Waals surface area contributed by atoms with Crippen LogP contribution in [0.25, 0.3) is 0 Å². The first kappa shape index (κ1) is 14.2. The van der Waals surface area contributed by atoms with Gasteiger partial charge in [0.25, 0.3) is 0 Å². The molecule has 0 spiro atoms. The average Bonchev–Trinajstić information content (AvgIpc) is 2.53. The predicted molar refractivity (Wildman–Crippen MR) is 80.4 cm³/mol. The van der Waals surface area contributed by atoms with Gasteiger partial charge in [0, 0.05) is 6.20 Å². The summed E-state index contributed by atoms with van der Waals surface area (Å²) in [5, 5.41) is 3.47. The number of rotatable bonds is 6. The number of hydrogen-bond donors (Lipinski definition) is 1. The van der Waals surface area contributed by atoms with Gasteiger partial charge in [-0.3, -0.25) is 0 Å². The highest BCUT2D eigenvalue weighted by molar-refractivity contribution is 5.53. The molecular formula is C16H20N2O2. The van der Waals surface area contributed by atoms with Crippen LogP contribution in [0.4, 0.5) is 5.69 Å². The first-order valence-electron chi connectivity index (χ1n) is 6.68. The van der Waals surface area contributed by atoms with Crippen LogP contribution in [-0.4, -0.2) is 19.2 Å². The molecule has 1 aromatic carbocycles. The van der Waals surface area contributed by atoms with Crippen molar-refractivity contribution in [3.63, 3.8) is 0 Å². The van der Waals surface area contributed by atoms with Crippen molar-refractivity contribution in [2.24, 2.45) is 0 Å². The molecule has 0 bridgehead atoms. The van der Waals surface area contributed by atoms with Crippen LogP contribution in [-0.2, 0) is 0 Å². The Labute approximate surface area is 119 Å². The SMILES string of the molecule is CCC(Nc1cccnc1OC)c1ccc(OC)cc1. The first-order chi connectivity index (χ1) is 9.78. The van der Waals surface area contributed by atoms with Gasteiger partial charge in [0.15, 0.2) is 0 Å². The minimum atomic E-state index is 0.207. The lowest BCUT2D eigenvalue weighted by Gasteiger charge is -2.20. The van der Waals surface area contributed by atoms with Crippen molar-refractivity contribution >= 4 is 5.69 Å². The summed E-state index contributed by atoms with van der Waals surface area (Å²) in [5.74, 6) is 1.47. The van der Waals surface area contributed by atoms with Crippen molar-refractivity contribution in [1.29, 1.82) is 0 Å². The van der Waals surface area contributed by atoms with Crippen LogP contribution >= 0.6 is 0 Å². The van der Waals surface area contributed by atoms with Crippen molar-refractivity contribution in [3.8, 4) is 11.6 Å². The van der Waals surface area contributed by atoms with Crippen molar-refractivity contribution in [2.45, 2.75) is 19.4 Å². The van der Waals surface area contributed by atoms with Gasteiger partial charge in [-0.15, -0.1) is 0 Å². The standard InChI is InChI=1S/C16H20N2O2/c1-4-14(12-7-9-13(19-2)10-8-12)18-15-6-5-11-17-16(15)20-3/h5-11,14,18H,4H2,1-3H3. The van der Waals surface area contributed by atoms with E-state index in [1.165, 1.54) is 5.56 Å². The summed E-state index contributed by atoms with van der Waals surface area (Å²) >= 11 is 0. The fourth-order valence-corrected chi connectivity index (χ4v) is 2.11. The van der Waals surface area contributed by atoms with Crippen molar-refractivity contribution in [2.75, 3.05) is 19.5 Å². The van der Waals surface area contributed by atoms with Gasteiger partial charge in [-0.25, -0.2) is 4.98 Å². The molecule has 106 valence electrons. The summed E-state index contributed by atoms with van der Waals surface area (Å²) < 4.78 is 10.5. The molecule has 0 saturated heterocycles. The topological polar surface area (TPSA) is 43.4 Å². The second-order valence-corrected chi connectivity index (χ2v) is 4.44. The smallest absolute Gasteiger partial charge is 0.237 e. The number of hydrogen-bond acceptors (Lipinski definition) is 4. The Bertz CT molecular complexity index is 540. The van der Waals surface area contributed by atoms with Crippen molar-refractivity contribution in [3.05, 3.63) is 48.2 Å². The van der Waals surface area contributed by atoms with Gasteiger partial charge in [-0.1, -0.05) is 19.1 Å². The summed E-state index contributed by atoms with van der Waals surface area (Å²) in [5.41, 5.74) is 2.11. The third-order valence-electron chi connectivity index (χ3n) is 3.22. The van der Waals surface area contributed by atoms with Gasteiger partial charge < -0.3 is 14.8 Å². The molecule has 0 fully saturated rings. The van der Waals surface area contributed by atoms with E-state index in [9.17, 15) is 0 Å². The Morgan fingerprint density at radius 2 is 1.85 bits per heavy atom. The second kappa shape index (κ2) is 6.80. The first-order valence-corrected chi connectivity index (χ1v) is 6.68. The van der Waals surface area contributed by atoms with Gasteiger partial charge in [-0.2, -0.15) is 0 Å². The fraction of sp³-hybridized carbons (Fsp3) is 0.312. The van der Waals surface area contributed by atoms with Gasteiger partial charge in [0.1, 0.15) is 5.75 Å². The molecule has 1 heterocycles. The van der Waals surface area contributed by atoms with Gasteiger partial charge in [-0.05, 0) is 36.2 Å². The number of anilines is 1. The molecule has 0 aliphatic carbocycles. The van der Waals surface area contributed by atoms with Crippen molar-refractivity contribution in [1.82, 2.24) is 4.98 Å². The fourth-order valence-electron chi connectivity index (χ4n) is 2.11.